The number of hydrogen-bond donors (Lipinski definition) is 1. The van der Waals surface area contributed by atoms with Crippen LogP contribution in [0.2, 0.25) is 0 Å². The summed E-state index contributed by atoms with van der Waals surface area (Å²) >= 11 is 0. The molecule has 0 aliphatic carbocycles. The molecule has 1 N–H and O–H groups in total. The second-order valence-corrected chi connectivity index (χ2v) is 11.7. The fraction of sp³-hybridized carbons (Fsp3) is 0.250. The van der Waals surface area contributed by atoms with Gasteiger partial charge in [0.05, 0.1) is 0 Å². The van der Waals surface area contributed by atoms with Gasteiger partial charge in [-0.25, -0.2) is 0 Å². The Morgan fingerprint density at radius 2 is 1.31 bits per heavy atom. The van der Waals surface area contributed by atoms with Crippen LogP contribution in [0.15, 0.2) is 91.0 Å². The molecule has 3 heteroatoms. The number of phenolic OH excluding ortho intramolecular Hbond substituents is 1. The van der Waals surface area contributed by atoms with Gasteiger partial charge >= 0.3 is 0 Å². The average molecular weight is 482 g/mol. The molecule has 0 radical (unpaired) electrons. The Balaban J connectivity index is 1.78. The Morgan fingerprint density at radius 3 is 1.86 bits per heavy atom. The van der Waals surface area contributed by atoms with E-state index in [0.717, 1.165) is 24.0 Å². The summed E-state index contributed by atoms with van der Waals surface area (Å²) in [6.45, 7) is 12.4. The minimum atomic E-state index is -0.115. The van der Waals surface area contributed by atoms with E-state index in [-0.39, 0.29) is 5.41 Å². The van der Waals surface area contributed by atoms with Crippen LogP contribution < -0.4 is 15.5 Å². The third-order valence-electron chi connectivity index (χ3n) is 6.35. The number of benzene rings is 4. The molecule has 4 rings (SSSR count). The molecule has 0 saturated carbocycles. The molecule has 0 spiro atoms. The molecule has 0 aliphatic heterocycles. The fourth-order valence-electron chi connectivity index (χ4n) is 4.49. The van der Waals surface area contributed by atoms with Crippen LogP contribution in [0.4, 0.5) is 5.69 Å². The molecule has 0 heterocycles. The van der Waals surface area contributed by atoms with E-state index in [2.05, 4.69) is 131 Å². The first-order valence-corrected chi connectivity index (χ1v) is 13.3. The maximum absolute atomic E-state index is 11.3. The van der Waals surface area contributed by atoms with Crippen molar-refractivity contribution >= 4 is 24.9 Å². The number of anilines is 1. The van der Waals surface area contributed by atoms with Crippen LogP contribution in [0.1, 0.15) is 48.6 Å². The lowest BCUT2D eigenvalue weighted by atomic mass is 9.85. The number of aromatic hydroxyl groups is 1. The monoisotopic (exact) mass is 481 g/mol. The van der Waals surface area contributed by atoms with Gasteiger partial charge in [-0.3, -0.25) is 0 Å². The van der Waals surface area contributed by atoms with Gasteiger partial charge in [-0.2, -0.15) is 0 Å². The summed E-state index contributed by atoms with van der Waals surface area (Å²) in [6, 6.07) is 32.2. The van der Waals surface area contributed by atoms with Crippen molar-refractivity contribution in [2.75, 3.05) is 4.90 Å². The number of nitrogens with zero attached hydrogens (tertiary/aromatic N) is 1. The summed E-state index contributed by atoms with van der Waals surface area (Å²) in [7, 11) is 0.368. The van der Waals surface area contributed by atoms with Gasteiger partial charge in [-0.1, -0.05) is 108 Å². The van der Waals surface area contributed by atoms with Crippen molar-refractivity contribution in [3.05, 3.63) is 119 Å². The Labute approximate surface area is 212 Å². The lowest BCUT2D eigenvalue weighted by Gasteiger charge is -2.29. The predicted molar refractivity (Wildman–Crippen MR) is 153 cm³/mol. The van der Waals surface area contributed by atoms with Crippen LogP contribution in [-0.4, -0.2) is 5.11 Å². The predicted octanol–water partition coefficient (Wildman–Crippen LogP) is 7.14. The summed E-state index contributed by atoms with van der Waals surface area (Å²) < 4.78 is 0. The van der Waals surface area contributed by atoms with Crippen molar-refractivity contribution in [3.63, 3.8) is 0 Å². The summed E-state index contributed by atoms with van der Waals surface area (Å²) in [5, 5.41) is 13.6. The summed E-state index contributed by atoms with van der Waals surface area (Å²) in [4.78, 5) is 2.47. The third kappa shape index (κ3) is 6.13. The molecule has 0 aromatic heterocycles. The Bertz CT molecular complexity index is 1230. The van der Waals surface area contributed by atoms with Crippen molar-refractivity contribution in [1.82, 2.24) is 0 Å². The number of rotatable bonds is 7. The van der Waals surface area contributed by atoms with Crippen molar-refractivity contribution in [1.29, 1.82) is 0 Å². The van der Waals surface area contributed by atoms with Gasteiger partial charge in [-0.15, -0.1) is 0 Å². The molecule has 0 aliphatic rings. The van der Waals surface area contributed by atoms with Crippen molar-refractivity contribution in [2.24, 2.45) is 0 Å². The molecule has 35 heavy (non-hydrogen) atoms. The third-order valence-corrected chi connectivity index (χ3v) is 7.90. The van der Waals surface area contributed by atoms with Crippen LogP contribution in [0.3, 0.4) is 0 Å². The zero-order chi connectivity index (χ0) is 25.0. The lowest BCUT2D eigenvalue weighted by molar-refractivity contribution is 0.450. The molecule has 0 bridgehead atoms. The lowest BCUT2D eigenvalue weighted by Crippen LogP contribution is -2.27. The van der Waals surface area contributed by atoms with E-state index in [9.17, 15) is 5.11 Å². The molecule has 0 fully saturated rings. The summed E-state index contributed by atoms with van der Waals surface area (Å²) in [6.07, 6.45) is 0. The zero-order valence-electron chi connectivity index (χ0n) is 21.5. The van der Waals surface area contributed by atoms with Crippen LogP contribution in [-0.2, 0) is 18.5 Å². The zero-order valence-corrected chi connectivity index (χ0v) is 22.5. The highest BCUT2D eigenvalue weighted by atomic mass is 31.1. The van der Waals surface area contributed by atoms with Crippen molar-refractivity contribution in [2.45, 2.75) is 53.1 Å². The van der Waals surface area contributed by atoms with E-state index in [1.807, 2.05) is 0 Å². The number of hydrogen-bond acceptors (Lipinski definition) is 2. The van der Waals surface area contributed by atoms with Crippen LogP contribution in [0.25, 0.3) is 0 Å². The Hall–Kier alpha value is -3.09. The topological polar surface area (TPSA) is 23.5 Å². The van der Waals surface area contributed by atoms with Crippen LogP contribution in [0.5, 0.6) is 5.75 Å². The first-order valence-electron chi connectivity index (χ1n) is 12.3. The maximum atomic E-state index is 11.3. The molecule has 0 amide bonds. The second kappa shape index (κ2) is 10.7. The van der Waals surface area contributed by atoms with E-state index >= 15 is 0 Å². The second-order valence-electron chi connectivity index (χ2n) is 10.4. The van der Waals surface area contributed by atoms with Gasteiger partial charge in [-0.05, 0) is 53.6 Å². The summed E-state index contributed by atoms with van der Waals surface area (Å²) in [5.41, 5.74) is 7.15. The maximum Gasteiger partial charge on any atom is 0.127 e. The largest absolute Gasteiger partial charge is 0.507 e. The first-order chi connectivity index (χ1) is 16.7. The minimum absolute atomic E-state index is 0.115. The van der Waals surface area contributed by atoms with E-state index in [0.29, 0.717) is 14.3 Å². The standard InChI is InChI=1S/C32H36NOP/c1-23-19-27(32(3,4)5)30(34)29(20-23)35-31-24(2)13-12-18-28(31)33(21-25-14-8-6-9-15-25)22-26-16-10-7-11-17-26/h6-20,34-35H,21-22H2,1-5H3. The van der Waals surface area contributed by atoms with E-state index < -0.39 is 0 Å². The molecule has 1 atom stereocenters. The Morgan fingerprint density at radius 1 is 0.743 bits per heavy atom. The molecule has 2 nitrogen and oxygen atoms in total. The van der Waals surface area contributed by atoms with Crippen LogP contribution in [0, 0.1) is 13.8 Å². The average Bonchev–Trinajstić information content (AvgIpc) is 2.82. The highest BCUT2D eigenvalue weighted by molar-refractivity contribution is 7.56. The van der Waals surface area contributed by atoms with Gasteiger partial charge in [0.25, 0.3) is 0 Å². The van der Waals surface area contributed by atoms with E-state index in [4.69, 9.17) is 0 Å². The first kappa shape index (κ1) is 25.0. The van der Waals surface area contributed by atoms with Gasteiger partial charge < -0.3 is 10.0 Å². The fourth-order valence-corrected chi connectivity index (χ4v) is 5.97. The minimum Gasteiger partial charge on any atom is -0.507 e. The van der Waals surface area contributed by atoms with Gasteiger partial charge in [0.15, 0.2) is 0 Å². The highest BCUT2D eigenvalue weighted by Gasteiger charge is 2.22. The molecule has 1 unspecified atom stereocenters. The van der Waals surface area contributed by atoms with Gasteiger partial charge in [0.1, 0.15) is 5.75 Å². The Kier molecular flexibility index (Phi) is 7.63. The van der Waals surface area contributed by atoms with Crippen molar-refractivity contribution < 1.29 is 5.11 Å². The molecule has 180 valence electrons. The highest BCUT2D eigenvalue weighted by Crippen LogP contribution is 2.35. The summed E-state index contributed by atoms with van der Waals surface area (Å²) in [5.74, 6) is 0.438. The molecular formula is C32H36NOP. The smallest absolute Gasteiger partial charge is 0.127 e. The molecule has 4 aromatic rings. The van der Waals surface area contributed by atoms with Gasteiger partial charge in [0, 0.05) is 34.9 Å². The molecule has 4 aromatic carbocycles. The van der Waals surface area contributed by atoms with E-state index in [1.165, 1.54) is 33.2 Å². The SMILES string of the molecule is Cc1cc(Pc2c(C)cccc2N(Cc2ccccc2)Cc2ccccc2)c(O)c(C(C)(C)C)c1. The van der Waals surface area contributed by atoms with Crippen molar-refractivity contribution in [3.8, 4) is 5.75 Å². The number of phenols is 1. The van der Waals surface area contributed by atoms with Crippen LogP contribution >= 0.6 is 8.58 Å². The quantitative estimate of drug-likeness (QED) is 0.284. The molecular weight excluding hydrogens is 445 g/mol. The number of aryl methyl sites for hydroxylation is 2. The normalized spacial score (nSPS) is 11.8. The van der Waals surface area contributed by atoms with E-state index in [1.54, 1.807) is 0 Å². The van der Waals surface area contributed by atoms with Gasteiger partial charge in [0.2, 0.25) is 0 Å². The molecule has 0 saturated heterocycles.